The van der Waals surface area contributed by atoms with Crippen LogP contribution in [0.3, 0.4) is 0 Å². The van der Waals surface area contributed by atoms with Crippen molar-refractivity contribution in [3.05, 3.63) is 24.3 Å². The smallest absolute Gasteiger partial charge is 0.237 e. The molecule has 1 aliphatic rings. The average molecular weight is 292 g/mol. The topological polar surface area (TPSA) is 32.3 Å². The Morgan fingerprint density at radius 2 is 1.75 bits per heavy atom. The molecule has 1 saturated heterocycles. The van der Waals surface area contributed by atoms with Gasteiger partial charge in [-0.15, -0.1) is 0 Å². The van der Waals surface area contributed by atoms with E-state index in [4.69, 9.17) is 0 Å². The molecular weight excluding hydrogens is 268 g/mol. The Hall–Kier alpha value is -1.16. The monoisotopic (exact) mass is 292 g/mol. The lowest BCUT2D eigenvalue weighted by molar-refractivity contribution is -0.115. The summed E-state index contributed by atoms with van der Waals surface area (Å²) >= 11 is 1.56. The van der Waals surface area contributed by atoms with Crippen LogP contribution in [0.4, 0.5) is 11.4 Å². The van der Waals surface area contributed by atoms with Gasteiger partial charge in [-0.05, 0) is 50.3 Å². The van der Waals surface area contributed by atoms with Crippen molar-refractivity contribution >= 4 is 29.0 Å². The van der Waals surface area contributed by atoms with Crippen molar-refractivity contribution in [3.63, 3.8) is 0 Å². The van der Waals surface area contributed by atoms with Crippen LogP contribution in [0.5, 0.6) is 0 Å². The fourth-order valence-electron chi connectivity index (χ4n) is 2.44. The highest BCUT2D eigenvalue weighted by Gasteiger charge is 2.12. The molecule has 110 valence electrons. The first kappa shape index (κ1) is 15.2. The van der Waals surface area contributed by atoms with Crippen LogP contribution < -0.4 is 10.2 Å². The van der Waals surface area contributed by atoms with Crippen molar-refractivity contribution in [2.24, 2.45) is 0 Å². The number of amides is 1. The molecule has 0 radical (unpaired) electrons. The number of nitrogens with one attached hydrogen (secondary N) is 1. The lowest BCUT2D eigenvalue weighted by Gasteiger charge is -2.23. The minimum atomic E-state index is -0.0136. The molecule has 0 spiro atoms. The molecule has 4 heteroatoms. The minimum Gasteiger partial charge on any atom is -0.372 e. The molecule has 0 saturated carbocycles. The summed E-state index contributed by atoms with van der Waals surface area (Å²) in [5, 5.41) is 2.94. The third-order valence-electron chi connectivity index (χ3n) is 3.83. The van der Waals surface area contributed by atoms with E-state index >= 15 is 0 Å². The van der Waals surface area contributed by atoms with Gasteiger partial charge >= 0.3 is 0 Å². The second-order valence-electron chi connectivity index (χ2n) is 5.32. The van der Waals surface area contributed by atoms with Gasteiger partial charge in [0.25, 0.3) is 0 Å². The van der Waals surface area contributed by atoms with E-state index in [-0.39, 0.29) is 11.2 Å². The van der Waals surface area contributed by atoms with Gasteiger partial charge in [0.2, 0.25) is 5.91 Å². The van der Waals surface area contributed by atoms with Crippen LogP contribution in [0.15, 0.2) is 24.3 Å². The normalized spacial score (nSPS) is 17.4. The maximum absolute atomic E-state index is 11.8. The third kappa shape index (κ3) is 4.17. The number of hydrogen-bond donors (Lipinski definition) is 1. The van der Waals surface area contributed by atoms with Gasteiger partial charge in [-0.3, -0.25) is 4.79 Å². The zero-order valence-electron chi connectivity index (χ0n) is 12.4. The molecule has 0 aromatic heterocycles. The summed E-state index contributed by atoms with van der Waals surface area (Å²) in [6, 6.07) is 8.24. The van der Waals surface area contributed by atoms with Gasteiger partial charge < -0.3 is 10.2 Å². The molecule has 1 aliphatic heterocycles. The Balaban J connectivity index is 1.97. The summed E-state index contributed by atoms with van der Waals surface area (Å²) in [5.41, 5.74) is 2.15. The van der Waals surface area contributed by atoms with Crippen LogP contribution in [0.1, 0.15) is 32.6 Å². The first-order valence-corrected chi connectivity index (χ1v) is 8.68. The van der Waals surface area contributed by atoms with E-state index < -0.39 is 0 Å². The van der Waals surface area contributed by atoms with Gasteiger partial charge in [-0.1, -0.05) is 12.8 Å². The van der Waals surface area contributed by atoms with E-state index in [0.29, 0.717) is 0 Å². The number of rotatable bonds is 4. The van der Waals surface area contributed by atoms with Gasteiger partial charge in [0.1, 0.15) is 0 Å². The largest absolute Gasteiger partial charge is 0.372 e. The predicted molar refractivity (Wildman–Crippen MR) is 88.7 cm³/mol. The van der Waals surface area contributed by atoms with Crippen molar-refractivity contribution in [2.75, 3.05) is 29.6 Å². The molecular formula is C16H24N2OS. The summed E-state index contributed by atoms with van der Waals surface area (Å²) < 4.78 is 0. The van der Waals surface area contributed by atoms with Crippen molar-refractivity contribution in [3.8, 4) is 0 Å². The lowest BCUT2D eigenvalue weighted by Crippen LogP contribution is -2.24. The van der Waals surface area contributed by atoms with E-state index in [1.165, 1.54) is 31.4 Å². The fraction of sp³-hybridized carbons (Fsp3) is 0.562. The molecule has 1 aromatic carbocycles. The highest BCUT2D eigenvalue weighted by atomic mass is 32.2. The summed E-state index contributed by atoms with van der Waals surface area (Å²) in [6.07, 6.45) is 7.20. The Bertz CT molecular complexity index is 425. The van der Waals surface area contributed by atoms with Gasteiger partial charge in [0.05, 0.1) is 5.25 Å². The molecule has 1 aromatic rings. The van der Waals surface area contributed by atoms with E-state index in [2.05, 4.69) is 22.3 Å². The van der Waals surface area contributed by atoms with Crippen LogP contribution in [0.25, 0.3) is 0 Å². The zero-order chi connectivity index (χ0) is 14.4. The molecule has 2 rings (SSSR count). The Morgan fingerprint density at radius 1 is 1.15 bits per heavy atom. The van der Waals surface area contributed by atoms with Gasteiger partial charge in [0, 0.05) is 24.5 Å². The van der Waals surface area contributed by atoms with Crippen LogP contribution in [-0.4, -0.2) is 30.5 Å². The first-order chi connectivity index (χ1) is 9.70. The van der Waals surface area contributed by atoms with Crippen LogP contribution in [0, 0.1) is 0 Å². The minimum absolute atomic E-state index is 0.0136. The van der Waals surface area contributed by atoms with Gasteiger partial charge in [0.15, 0.2) is 0 Å². The van der Waals surface area contributed by atoms with Crippen LogP contribution >= 0.6 is 11.8 Å². The molecule has 1 N–H and O–H groups in total. The molecule has 1 fully saturated rings. The predicted octanol–water partition coefficient (Wildman–Crippen LogP) is 3.76. The molecule has 1 unspecified atom stereocenters. The summed E-state index contributed by atoms with van der Waals surface area (Å²) in [5.74, 6) is 0.0695. The number of anilines is 2. The van der Waals surface area contributed by atoms with E-state index in [1.807, 2.05) is 25.3 Å². The zero-order valence-corrected chi connectivity index (χ0v) is 13.2. The van der Waals surface area contributed by atoms with Gasteiger partial charge in [-0.2, -0.15) is 11.8 Å². The average Bonchev–Trinajstić information content (AvgIpc) is 2.76. The van der Waals surface area contributed by atoms with Gasteiger partial charge in [-0.25, -0.2) is 0 Å². The maximum Gasteiger partial charge on any atom is 0.237 e. The summed E-state index contributed by atoms with van der Waals surface area (Å²) in [4.78, 5) is 14.3. The summed E-state index contributed by atoms with van der Waals surface area (Å²) in [7, 11) is 0. The van der Waals surface area contributed by atoms with Crippen LogP contribution in [0.2, 0.25) is 0 Å². The second-order valence-corrected chi connectivity index (χ2v) is 6.49. The third-order valence-corrected chi connectivity index (χ3v) is 4.75. The first-order valence-electron chi connectivity index (χ1n) is 7.39. The Labute approximate surface area is 126 Å². The number of carbonyl (C=O) groups is 1. The molecule has 3 nitrogen and oxygen atoms in total. The molecule has 1 atom stereocenters. The summed E-state index contributed by atoms with van der Waals surface area (Å²) in [6.45, 7) is 4.22. The number of hydrogen-bond acceptors (Lipinski definition) is 3. The molecule has 0 bridgehead atoms. The highest BCUT2D eigenvalue weighted by molar-refractivity contribution is 7.99. The maximum atomic E-state index is 11.8. The second kappa shape index (κ2) is 7.58. The number of benzene rings is 1. The Morgan fingerprint density at radius 3 is 2.30 bits per heavy atom. The molecule has 0 aliphatic carbocycles. The van der Waals surface area contributed by atoms with Crippen molar-refractivity contribution in [1.29, 1.82) is 0 Å². The molecule has 20 heavy (non-hydrogen) atoms. The molecule has 1 heterocycles. The van der Waals surface area contributed by atoms with Crippen molar-refractivity contribution in [1.82, 2.24) is 0 Å². The number of nitrogens with zero attached hydrogens (tertiary/aromatic N) is 1. The van der Waals surface area contributed by atoms with E-state index in [0.717, 1.165) is 18.8 Å². The highest BCUT2D eigenvalue weighted by Crippen LogP contribution is 2.22. The quantitative estimate of drug-likeness (QED) is 0.917. The lowest BCUT2D eigenvalue weighted by atomic mass is 10.2. The number of carbonyl (C=O) groups excluding carboxylic acids is 1. The van der Waals surface area contributed by atoms with Crippen molar-refractivity contribution < 1.29 is 4.79 Å². The SMILES string of the molecule is CSC(C)C(=O)Nc1ccc(N2CCCCCC2)cc1. The van der Waals surface area contributed by atoms with Crippen LogP contribution in [-0.2, 0) is 4.79 Å². The molecule has 1 amide bonds. The van der Waals surface area contributed by atoms with Crippen molar-refractivity contribution in [2.45, 2.75) is 37.9 Å². The number of thioether (sulfide) groups is 1. The fourth-order valence-corrected chi connectivity index (χ4v) is 2.71. The standard InChI is InChI=1S/C16H24N2OS/c1-13(20-2)16(19)17-14-7-9-15(10-8-14)18-11-5-3-4-6-12-18/h7-10,13H,3-6,11-12H2,1-2H3,(H,17,19). The Kier molecular flexibility index (Phi) is 5.77. The van der Waals surface area contributed by atoms with E-state index in [1.54, 1.807) is 11.8 Å². The van der Waals surface area contributed by atoms with E-state index in [9.17, 15) is 4.79 Å².